The SMILES string of the molecule is CCC(C)C(NC(=O)C(NC(=O)C(CCSC)NC(=O)C(N)CCC(N)=O)C(C)CC)C(=O)O. The summed E-state index contributed by atoms with van der Waals surface area (Å²) in [6.45, 7) is 7.18. The van der Waals surface area contributed by atoms with Crippen molar-refractivity contribution in [1.82, 2.24) is 16.0 Å². The van der Waals surface area contributed by atoms with Crippen LogP contribution in [0.2, 0.25) is 0 Å². The molecule has 0 aliphatic rings. The lowest BCUT2D eigenvalue weighted by molar-refractivity contribution is -0.144. The third-order valence-electron chi connectivity index (χ3n) is 5.85. The minimum atomic E-state index is -1.15. The van der Waals surface area contributed by atoms with Crippen molar-refractivity contribution in [3.8, 4) is 0 Å². The van der Waals surface area contributed by atoms with Crippen LogP contribution in [-0.4, -0.2) is 70.9 Å². The Kier molecular flexibility index (Phi) is 15.2. The van der Waals surface area contributed by atoms with Gasteiger partial charge in [-0.1, -0.05) is 40.5 Å². The number of hydrogen-bond acceptors (Lipinski definition) is 7. The second kappa shape index (κ2) is 16.3. The van der Waals surface area contributed by atoms with Gasteiger partial charge in [0.2, 0.25) is 23.6 Å². The van der Waals surface area contributed by atoms with E-state index in [1.807, 2.05) is 20.1 Å². The average molecular weight is 504 g/mol. The van der Waals surface area contributed by atoms with Crippen LogP contribution in [0.3, 0.4) is 0 Å². The number of nitrogens with one attached hydrogen (secondary N) is 3. The van der Waals surface area contributed by atoms with Gasteiger partial charge < -0.3 is 32.5 Å². The molecular formula is C22H41N5O6S. The standard InChI is InChI=1S/C22H41N5O6S/c1-6-12(3)17(21(31)27-18(22(32)33)13(4)7-2)26-20(30)15(10-11-34-5)25-19(29)14(23)8-9-16(24)28/h12-15,17-18H,6-11,23H2,1-5H3,(H2,24,28)(H,25,29)(H,26,30)(H,27,31)(H,32,33). The van der Waals surface area contributed by atoms with E-state index in [9.17, 15) is 29.1 Å². The molecule has 0 bridgehead atoms. The smallest absolute Gasteiger partial charge is 0.326 e. The Morgan fingerprint density at radius 3 is 1.85 bits per heavy atom. The summed E-state index contributed by atoms with van der Waals surface area (Å²) >= 11 is 1.48. The molecule has 8 N–H and O–H groups in total. The highest BCUT2D eigenvalue weighted by Crippen LogP contribution is 2.13. The summed E-state index contributed by atoms with van der Waals surface area (Å²) in [4.78, 5) is 61.1. The summed E-state index contributed by atoms with van der Waals surface area (Å²) in [5, 5.41) is 17.3. The number of rotatable bonds is 17. The van der Waals surface area contributed by atoms with E-state index in [4.69, 9.17) is 11.5 Å². The van der Waals surface area contributed by atoms with Crippen molar-refractivity contribution in [3.63, 3.8) is 0 Å². The fourth-order valence-electron chi connectivity index (χ4n) is 3.09. The Hall–Kier alpha value is -2.34. The molecule has 6 unspecified atom stereocenters. The van der Waals surface area contributed by atoms with E-state index < -0.39 is 53.8 Å². The van der Waals surface area contributed by atoms with Gasteiger partial charge in [-0.25, -0.2) is 4.79 Å². The van der Waals surface area contributed by atoms with Crippen LogP contribution in [0, 0.1) is 11.8 Å². The van der Waals surface area contributed by atoms with Crippen molar-refractivity contribution in [3.05, 3.63) is 0 Å². The molecule has 0 aromatic rings. The molecular weight excluding hydrogens is 462 g/mol. The maximum absolute atomic E-state index is 13.1. The monoisotopic (exact) mass is 503 g/mol. The largest absolute Gasteiger partial charge is 0.480 e. The molecule has 0 radical (unpaired) electrons. The summed E-state index contributed by atoms with van der Waals surface area (Å²) in [5.74, 6) is -3.52. The van der Waals surface area contributed by atoms with Crippen LogP contribution in [0.15, 0.2) is 0 Å². The molecule has 0 heterocycles. The average Bonchev–Trinajstić information content (AvgIpc) is 2.79. The Morgan fingerprint density at radius 1 is 0.853 bits per heavy atom. The Balaban J connectivity index is 5.53. The lowest BCUT2D eigenvalue weighted by atomic mass is 9.95. The highest BCUT2D eigenvalue weighted by atomic mass is 32.2. The third-order valence-corrected chi connectivity index (χ3v) is 6.50. The van der Waals surface area contributed by atoms with Crippen molar-refractivity contribution in [2.75, 3.05) is 12.0 Å². The lowest BCUT2D eigenvalue weighted by Gasteiger charge is -2.29. The molecule has 0 aliphatic carbocycles. The quantitative estimate of drug-likeness (QED) is 0.159. The van der Waals surface area contributed by atoms with Crippen LogP contribution in [0.25, 0.3) is 0 Å². The first kappa shape index (κ1) is 31.7. The molecule has 34 heavy (non-hydrogen) atoms. The van der Waals surface area contributed by atoms with Gasteiger partial charge in [-0.15, -0.1) is 0 Å². The summed E-state index contributed by atoms with van der Waals surface area (Å²) in [7, 11) is 0. The van der Waals surface area contributed by atoms with Crippen LogP contribution in [0.4, 0.5) is 0 Å². The number of thioether (sulfide) groups is 1. The first-order chi connectivity index (χ1) is 15.9. The second-order valence-electron chi connectivity index (χ2n) is 8.54. The number of carbonyl (C=O) groups excluding carboxylic acids is 4. The topological polar surface area (TPSA) is 194 Å². The van der Waals surface area contributed by atoms with Crippen LogP contribution in [0.5, 0.6) is 0 Å². The normalized spacial score (nSPS) is 16.3. The summed E-state index contributed by atoms with van der Waals surface area (Å²) < 4.78 is 0. The van der Waals surface area contributed by atoms with Crippen LogP contribution in [-0.2, 0) is 24.0 Å². The predicted octanol–water partition coefficient (Wildman–Crippen LogP) is -0.0365. The van der Waals surface area contributed by atoms with E-state index in [-0.39, 0.29) is 24.7 Å². The first-order valence-corrected chi connectivity index (χ1v) is 12.9. The number of primary amides is 1. The third kappa shape index (κ3) is 11.2. The fraction of sp³-hybridized carbons (Fsp3) is 0.773. The van der Waals surface area contributed by atoms with E-state index >= 15 is 0 Å². The zero-order chi connectivity index (χ0) is 26.4. The van der Waals surface area contributed by atoms with Gasteiger partial charge in [-0.2, -0.15) is 11.8 Å². The van der Waals surface area contributed by atoms with Crippen molar-refractivity contribution in [2.45, 2.75) is 84.0 Å². The van der Waals surface area contributed by atoms with Crippen molar-refractivity contribution in [1.29, 1.82) is 0 Å². The molecule has 0 spiro atoms. The minimum absolute atomic E-state index is 0.0438. The summed E-state index contributed by atoms with van der Waals surface area (Å²) in [6.07, 6.45) is 3.23. The highest BCUT2D eigenvalue weighted by Gasteiger charge is 2.33. The number of carboxylic acid groups (broad SMARTS) is 1. The number of amides is 4. The number of nitrogens with two attached hydrogens (primary N) is 2. The number of carbonyl (C=O) groups is 5. The van der Waals surface area contributed by atoms with Gasteiger partial charge in [0.05, 0.1) is 6.04 Å². The Bertz CT molecular complexity index is 707. The van der Waals surface area contributed by atoms with E-state index in [2.05, 4.69) is 16.0 Å². The van der Waals surface area contributed by atoms with Gasteiger partial charge in [-0.3, -0.25) is 19.2 Å². The molecule has 4 amide bonds. The van der Waals surface area contributed by atoms with E-state index in [1.54, 1.807) is 13.8 Å². The minimum Gasteiger partial charge on any atom is -0.480 e. The van der Waals surface area contributed by atoms with Gasteiger partial charge in [0.1, 0.15) is 18.1 Å². The zero-order valence-corrected chi connectivity index (χ0v) is 21.6. The first-order valence-electron chi connectivity index (χ1n) is 11.6. The molecule has 0 aliphatic heterocycles. The van der Waals surface area contributed by atoms with Gasteiger partial charge in [0.25, 0.3) is 0 Å². The molecule has 0 rings (SSSR count). The van der Waals surface area contributed by atoms with Gasteiger partial charge in [0, 0.05) is 6.42 Å². The lowest BCUT2D eigenvalue weighted by Crippen LogP contribution is -2.59. The molecule has 196 valence electrons. The van der Waals surface area contributed by atoms with Crippen molar-refractivity contribution in [2.24, 2.45) is 23.3 Å². The van der Waals surface area contributed by atoms with E-state index in [1.165, 1.54) is 11.8 Å². The van der Waals surface area contributed by atoms with E-state index in [0.717, 1.165) is 0 Å². The zero-order valence-electron chi connectivity index (χ0n) is 20.8. The molecule has 0 aromatic carbocycles. The highest BCUT2D eigenvalue weighted by molar-refractivity contribution is 7.98. The Labute approximate surface area is 205 Å². The second-order valence-corrected chi connectivity index (χ2v) is 9.52. The maximum atomic E-state index is 13.1. The predicted molar refractivity (Wildman–Crippen MR) is 132 cm³/mol. The molecule has 0 saturated carbocycles. The van der Waals surface area contributed by atoms with Gasteiger partial charge in [-0.05, 0) is 36.7 Å². The molecule has 0 saturated heterocycles. The number of aliphatic carboxylic acids is 1. The molecule has 0 aromatic heterocycles. The van der Waals surface area contributed by atoms with E-state index in [0.29, 0.717) is 25.0 Å². The van der Waals surface area contributed by atoms with Crippen molar-refractivity contribution < 1.29 is 29.1 Å². The van der Waals surface area contributed by atoms with Crippen LogP contribution < -0.4 is 27.4 Å². The summed E-state index contributed by atoms with van der Waals surface area (Å²) in [6, 6.07) is -4.04. The molecule has 6 atom stereocenters. The molecule has 11 nitrogen and oxygen atoms in total. The Morgan fingerprint density at radius 2 is 1.38 bits per heavy atom. The molecule has 12 heteroatoms. The van der Waals surface area contributed by atoms with Crippen LogP contribution >= 0.6 is 11.8 Å². The number of carboxylic acids is 1. The molecule has 0 fully saturated rings. The summed E-state index contributed by atoms with van der Waals surface area (Å²) in [5.41, 5.74) is 10.9. The van der Waals surface area contributed by atoms with Crippen LogP contribution in [0.1, 0.15) is 59.8 Å². The number of hydrogen-bond donors (Lipinski definition) is 6. The fourth-order valence-corrected chi connectivity index (χ4v) is 3.57. The van der Waals surface area contributed by atoms with Crippen molar-refractivity contribution >= 4 is 41.4 Å². The van der Waals surface area contributed by atoms with Gasteiger partial charge in [0.15, 0.2) is 0 Å². The van der Waals surface area contributed by atoms with Gasteiger partial charge >= 0.3 is 5.97 Å². The maximum Gasteiger partial charge on any atom is 0.326 e.